The van der Waals surface area contributed by atoms with Crippen LogP contribution in [-0.4, -0.2) is 40.3 Å². The highest BCUT2D eigenvalue weighted by molar-refractivity contribution is 7.90. The van der Waals surface area contributed by atoms with Gasteiger partial charge in [0, 0.05) is 19.4 Å². The Morgan fingerprint density at radius 1 is 1.27 bits per heavy atom. The molecule has 0 unspecified atom stereocenters. The second-order valence-electron chi connectivity index (χ2n) is 5.75. The number of hydrogen-bond donors (Lipinski definition) is 1. The van der Waals surface area contributed by atoms with Crippen molar-refractivity contribution in [2.24, 2.45) is 5.92 Å². The van der Waals surface area contributed by atoms with E-state index in [1.54, 1.807) is 18.2 Å². The molecule has 1 saturated carbocycles. The lowest BCUT2D eigenvalue weighted by Gasteiger charge is -2.09. The molecule has 0 atom stereocenters. The van der Waals surface area contributed by atoms with E-state index in [0.29, 0.717) is 18.7 Å². The molecule has 0 aromatic heterocycles. The lowest BCUT2D eigenvalue weighted by atomic mass is 10.1. The minimum Gasteiger partial charge on any atom is -0.380 e. The molecule has 2 rings (SSSR count). The van der Waals surface area contributed by atoms with Crippen molar-refractivity contribution in [3.8, 4) is 0 Å². The topological polar surface area (TPSA) is 72.5 Å². The quantitative estimate of drug-likeness (QED) is 0.700. The number of rotatable bonds is 9. The Labute approximate surface area is 132 Å². The molecule has 0 saturated heterocycles. The van der Waals surface area contributed by atoms with Crippen LogP contribution in [0, 0.1) is 5.92 Å². The van der Waals surface area contributed by atoms with Crippen LogP contribution in [0.2, 0.25) is 0 Å². The highest BCUT2D eigenvalue weighted by atomic mass is 32.2. The van der Waals surface area contributed by atoms with Crippen molar-refractivity contribution in [3.63, 3.8) is 0 Å². The normalized spacial score (nSPS) is 14.8. The van der Waals surface area contributed by atoms with Crippen LogP contribution < -0.4 is 5.32 Å². The standard InChI is InChI=1S/C16H23NO4S/c1-22(19,20)15-5-3-2-4-14(15)12-16(18)17-9-11-21-10-8-13-6-7-13/h2-5,13H,6-12H2,1H3,(H,17,18). The fourth-order valence-electron chi connectivity index (χ4n) is 2.27. The molecule has 0 bridgehead atoms. The summed E-state index contributed by atoms with van der Waals surface area (Å²) in [6, 6.07) is 6.59. The maximum absolute atomic E-state index is 11.9. The van der Waals surface area contributed by atoms with E-state index >= 15 is 0 Å². The average Bonchev–Trinajstić information content (AvgIpc) is 3.26. The van der Waals surface area contributed by atoms with E-state index in [0.717, 1.165) is 25.2 Å². The first-order chi connectivity index (χ1) is 10.5. The van der Waals surface area contributed by atoms with Crippen LogP contribution >= 0.6 is 0 Å². The molecule has 1 aromatic rings. The van der Waals surface area contributed by atoms with Gasteiger partial charge in [0.1, 0.15) is 0 Å². The number of ether oxygens (including phenoxy) is 1. The zero-order valence-electron chi connectivity index (χ0n) is 12.9. The lowest BCUT2D eigenvalue weighted by Crippen LogP contribution is -2.29. The molecule has 6 heteroatoms. The molecule has 122 valence electrons. The average molecular weight is 325 g/mol. The molecular weight excluding hydrogens is 302 g/mol. The van der Waals surface area contributed by atoms with Gasteiger partial charge in [-0.1, -0.05) is 31.0 Å². The zero-order valence-corrected chi connectivity index (χ0v) is 13.7. The Kier molecular flexibility index (Phi) is 5.97. The first-order valence-electron chi connectivity index (χ1n) is 7.59. The highest BCUT2D eigenvalue weighted by Gasteiger charge is 2.20. The van der Waals surface area contributed by atoms with E-state index in [4.69, 9.17) is 4.74 Å². The van der Waals surface area contributed by atoms with Crippen LogP contribution in [0.15, 0.2) is 29.2 Å². The van der Waals surface area contributed by atoms with E-state index in [1.165, 1.54) is 18.9 Å². The summed E-state index contributed by atoms with van der Waals surface area (Å²) < 4.78 is 28.8. The molecule has 0 heterocycles. The van der Waals surface area contributed by atoms with E-state index in [1.807, 2.05) is 0 Å². The summed E-state index contributed by atoms with van der Waals surface area (Å²) in [5.41, 5.74) is 0.525. The molecule has 22 heavy (non-hydrogen) atoms. The molecule has 0 aliphatic heterocycles. The monoisotopic (exact) mass is 325 g/mol. The van der Waals surface area contributed by atoms with Gasteiger partial charge in [0.25, 0.3) is 0 Å². The Hall–Kier alpha value is -1.40. The second-order valence-corrected chi connectivity index (χ2v) is 7.74. The molecule has 1 N–H and O–H groups in total. The Morgan fingerprint density at radius 2 is 2.00 bits per heavy atom. The van der Waals surface area contributed by atoms with E-state index in [9.17, 15) is 13.2 Å². The second kappa shape index (κ2) is 7.74. The van der Waals surface area contributed by atoms with Crippen LogP contribution in [0.4, 0.5) is 0 Å². The summed E-state index contributed by atoms with van der Waals surface area (Å²) in [5.74, 6) is 0.656. The third kappa shape index (κ3) is 5.77. The van der Waals surface area contributed by atoms with Crippen molar-refractivity contribution < 1.29 is 17.9 Å². The van der Waals surface area contributed by atoms with Crippen molar-refractivity contribution >= 4 is 15.7 Å². The van der Waals surface area contributed by atoms with Crippen LogP contribution in [0.1, 0.15) is 24.8 Å². The minimum atomic E-state index is -3.32. The lowest BCUT2D eigenvalue weighted by molar-refractivity contribution is -0.120. The Morgan fingerprint density at radius 3 is 2.68 bits per heavy atom. The highest BCUT2D eigenvalue weighted by Crippen LogP contribution is 2.31. The van der Waals surface area contributed by atoms with Gasteiger partial charge >= 0.3 is 0 Å². The maximum Gasteiger partial charge on any atom is 0.224 e. The summed E-state index contributed by atoms with van der Waals surface area (Å²) in [5, 5.41) is 2.75. The smallest absolute Gasteiger partial charge is 0.224 e. The predicted molar refractivity (Wildman–Crippen MR) is 84.4 cm³/mol. The first kappa shape index (κ1) is 17.0. The minimum absolute atomic E-state index is 0.0608. The summed E-state index contributed by atoms with van der Waals surface area (Å²) in [7, 11) is -3.32. The molecule has 0 radical (unpaired) electrons. The summed E-state index contributed by atoms with van der Waals surface area (Å²) in [6.07, 6.45) is 4.96. The van der Waals surface area contributed by atoms with Crippen LogP contribution in [-0.2, 0) is 25.8 Å². The summed E-state index contributed by atoms with van der Waals surface area (Å²) in [6.45, 7) is 1.69. The van der Waals surface area contributed by atoms with Crippen LogP contribution in [0.3, 0.4) is 0 Å². The number of nitrogens with one attached hydrogen (secondary N) is 1. The van der Waals surface area contributed by atoms with Crippen molar-refractivity contribution in [2.75, 3.05) is 26.0 Å². The van der Waals surface area contributed by atoms with E-state index in [2.05, 4.69) is 5.32 Å². The van der Waals surface area contributed by atoms with E-state index < -0.39 is 9.84 Å². The largest absolute Gasteiger partial charge is 0.380 e. The maximum atomic E-state index is 11.9. The SMILES string of the molecule is CS(=O)(=O)c1ccccc1CC(=O)NCCOCCC1CC1. The van der Waals surface area contributed by atoms with Gasteiger partial charge in [0.15, 0.2) is 9.84 Å². The van der Waals surface area contributed by atoms with Crippen LogP contribution in [0.5, 0.6) is 0 Å². The number of hydrogen-bond acceptors (Lipinski definition) is 4. The van der Waals surface area contributed by atoms with Gasteiger partial charge in [-0.05, 0) is 24.0 Å². The molecular formula is C16H23NO4S. The van der Waals surface area contributed by atoms with Gasteiger partial charge in [-0.3, -0.25) is 4.79 Å². The summed E-state index contributed by atoms with van der Waals surface area (Å²) >= 11 is 0. The number of carbonyl (C=O) groups excluding carboxylic acids is 1. The third-order valence-electron chi connectivity index (χ3n) is 3.66. The molecule has 1 amide bonds. The van der Waals surface area contributed by atoms with Crippen molar-refractivity contribution in [2.45, 2.75) is 30.6 Å². The predicted octanol–water partition coefficient (Wildman–Crippen LogP) is 1.57. The van der Waals surface area contributed by atoms with Gasteiger partial charge in [-0.25, -0.2) is 8.42 Å². The summed E-state index contributed by atoms with van der Waals surface area (Å²) in [4.78, 5) is 12.1. The van der Waals surface area contributed by atoms with Crippen molar-refractivity contribution in [1.29, 1.82) is 0 Å². The number of carbonyl (C=O) groups is 1. The van der Waals surface area contributed by atoms with Gasteiger partial charge in [0.2, 0.25) is 5.91 Å². The molecule has 0 spiro atoms. The fourth-order valence-corrected chi connectivity index (χ4v) is 3.21. The van der Waals surface area contributed by atoms with Gasteiger partial charge in [-0.2, -0.15) is 0 Å². The third-order valence-corrected chi connectivity index (χ3v) is 4.86. The number of sulfone groups is 1. The van der Waals surface area contributed by atoms with E-state index in [-0.39, 0.29) is 17.2 Å². The molecule has 1 aliphatic rings. The zero-order chi connectivity index (χ0) is 16.0. The molecule has 5 nitrogen and oxygen atoms in total. The molecule has 1 aromatic carbocycles. The number of amides is 1. The van der Waals surface area contributed by atoms with Gasteiger partial charge in [0.05, 0.1) is 17.9 Å². The van der Waals surface area contributed by atoms with Crippen LogP contribution in [0.25, 0.3) is 0 Å². The van der Waals surface area contributed by atoms with Crippen molar-refractivity contribution in [1.82, 2.24) is 5.32 Å². The van der Waals surface area contributed by atoms with Crippen molar-refractivity contribution in [3.05, 3.63) is 29.8 Å². The fraction of sp³-hybridized carbons (Fsp3) is 0.562. The Balaban J connectivity index is 1.72. The van der Waals surface area contributed by atoms with Gasteiger partial charge < -0.3 is 10.1 Å². The first-order valence-corrected chi connectivity index (χ1v) is 9.48. The molecule has 1 aliphatic carbocycles. The Bertz CT molecular complexity index is 608. The molecule has 1 fully saturated rings. The van der Waals surface area contributed by atoms with Gasteiger partial charge in [-0.15, -0.1) is 0 Å². The number of benzene rings is 1.